The van der Waals surface area contributed by atoms with Crippen LogP contribution in [0.1, 0.15) is 0 Å². The van der Waals surface area contributed by atoms with Gasteiger partial charge in [0.05, 0.1) is 35.4 Å². The Hall–Kier alpha value is -1.63. The van der Waals surface area contributed by atoms with E-state index >= 15 is 0 Å². The first-order chi connectivity index (χ1) is 9.79. The molecular weight excluding hydrogens is 296 g/mol. The molecule has 2 heterocycles. The van der Waals surface area contributed by atoms with Crippen molar-refractivity contribution in [3.8, 4) is 0 Å². The van der Waals surface area contributed by atoms with Gasteiger partial charge in [0.25, 0.3) is 0 Å². The standard InChI is InChI=1S/C13H13ClN4OS/c14-10-6-16-13-9(10)2-1-3-11(13)17-20-12-7-15-8-18(12)4-5-19/h1-3,6-8,16-17,19H,4-5H2. The summed E-state index contributed by atoms with van der Waals surface area (Å²) in [5, 5.41) is 11.6. The summed E-state index contributed by atoms with van der Waals surface area (Å²) in [7, 11) is 0. The maximum Gasteiger partial charge on any atom is 0.116 e. The van der Waals surface area contributed by atoms with Crippen LogP contribution in [0.15, 0.2) is 41.9 Å². The number of hydrogen-bond acceptors (Lipinski definition) is 4. The summed E-state index contributed by atoms with van der Waals surface area (Å²) in [6.07, 6.45) is 5.24. The van der Waals surface area contributed by atoms with Crippen molar-refractivity contribution in [3.05, 3.63) is 41.9 Å². The van der Waals surface area contributed by atoms with Crippen molar-refractivity contribution < 1.29 is 5.11 Å². The molecule has 20 heavy (non-hydrogen) atoms. The number of aliphatic hydroxyl groups is 1. The number of fused-ring (bicyclic) bond motifs is 1. The van der Waals surface area contributed by atoms with Crippen molar-refractivity contribution in [2.45, 2.75) is 11.6 Å². The van der Waals surface area contributed by atoms with Crippen molar-refractivity contribution in [3.63, 3.8) is 0 Å². The van der Waals surface area contributed by atoms with Crippen LogP contribution in [0, 0.1) is 0 Å². The highest BCUT2D eigenvalue weighted by atomic mass is 35.5. The highest BCUT2D eigenvalue weighted by Crippen LogP contribution is 2.31. The second-order valence-corrected chi connectivity index (χ2v) is 5.45. The van der Waals surface area contributed by atoms with E-state index in [0.717, 1.165) is 21.6 Å². The second-order valence-electron chi connectivity index (χ2n) is 4.22. The van der Waals surface area contributed by atoms with E-state index in [2.05, 4.69) is 14.7 Å². The zero-order valence-corrected chi connectivity index (χ0v) is 12.1. The molecule has 0 aliphatic heterocycles. The number of rotatable bonds is 5. The smallest absolute Gasteiger partial charge is 0.116 e. The third-order valence-corrected chi connectivity index (χ3v) is 4.13. The zero-order valence-electron chi connectivity index (χ0n) is 10.5. The number of aromatic nitrogens is 3. The van der Waals surface area contributed by atoms with Gasteiger partial charge in [0.1, 0.15) is 5.03 Å². The highest BCUT2D eigenvalue weighted by Gasteiger charge is 2.07. The molecule has 3 N–H and O–H groups in total. The fourth-order valence-electron chi connectivity index (χ4n) is 1.98. The Bertz CT molecular complexity index is 724. The molecule has 5 nitrogen and oxygen atoms in total. The van der Waals surface area contributed by atoms with Crippen LogP contribution in [0.3, 0.4) is 0 Å². The molecule has 3 rings (SSSR count). The van der Waals surface area contributed by atoms with Crippen molar-refractivity contribution in [1.82, 2.24) is 14.5 Å². The summed E-state index contributed by atoms with van der Waals surface area (Å²) in [5.74, 6) is 0. The minimum absolute atomic E-state index is 0.0890. The number of benzene rings is 1. The Kier molecular flexibility index (Phi) is 3.86. The number of nitrogens with zero attached hydrogens (tertiary/aromatic N) is 2. The van der Waals surface area contributed by atoms with Crippen LogP contribution in [0.2, 0.25) is 5.02 Å². The molecule has 1 aromatic carbocycles. The highest BCUT2D eigenvalue weighted by molar-refractivity contribution is 8.00. The number of anilines is 1. The van der Waals surface area contributed by atoms with E-state index in [4.69, 9.17) is 16.7 Å². The van der Waals surface area contributed by atoms with Crippen molar-refractivity contribution in [2.75, 3.05) is 11.3 Å². The van der Waals surface area contributed by atoms with Gasteiger partial charge in [-0.1, -0.05) is 23.7 Å². The number of imidazole rings is 1. The molecule has 0 amide bonds. The molecule has 104 valence electrons. The van der Waals surface area contributed by atoms with Gasteiger partial charge in [-0.3, -0.25) is 0 Å². The molecule has 0 fully saturated rings. The maximum absolute atomic E-state index is 8.99. The fraction of sp³-hybridized carbons (Fsp3) is 0.154. The molecular formula is C13H13ClN4OS. The topological polar surface area (TPSA) is 65.9 Å². The summed E-state index contributed by atoms with van der Waals surface area (Å²) in [5.41, 5.74) is 1.93. The molecule has 0 saturated carbocycles. The molecule has 0 bridgehead atoms. The van der Waals surface area contributed by atoms with Crippen LogP contribution >= 0.6 is 23.5 Å². The lowest BCUT2D eigenvalue weighted by Crippen LogP contribution is -2.02. The van der Waals surface area contributed by atoms with Crippen LogP contribution in [-0.4, -0.2) is 26.2 Å². The van der Waals surface area contributed by atoms with Crippen molar-refractivity contribution >= 4 is 40.1 Å². The van der Waals surface area contributed by atoms with Gasteiger partial charge in [0.15, 0.2) is 0 Å². The largest absolute Gasteiger partial charge is 0.395 e. The quantitative estimate of drug-likeness (QED) is 0.634. The molecule has 7 heteroatoms. The van der Waals surface area contributed by atoms with E-state index in [1.807, 2.05) is 22.8 Å². The predicted molar refractivity (Wildman–Crippen MR) is 82.1 cm³/mol. The van der Waals surface area contributed by atoms with E-state index in [1.165, 1.54) is 11.9 Å². The lowest BCUT2D eigenvalue weighted by molar-refractivity contribution is 0.272. The number of halogens is 1. The lowest BCUT2D eigenvalue weighted by atomic mass is 10.2. The number of aliphatic hydroxyl groups excluding tert-OH is 1. The SMILES string of the molecule is OCCn1cncc1SNc1cccc2c(Cl)c[nH]c12. The average molecular weight is 309 g/mol. The first kappa shape index (κ1) is 13.4. The average Bonchev–Trinajstić information content (AvgIpc) is 3.05. The van der Waals surface area contributed by atoms with Crippen LogP contribution in [0.25, 0.3) is 10.9 Å². The minimum atomic E-state index is 0.0890. The number of nitrogens with one attached hydrogen (secondary N) is 2. The van der Waals surface area contributed by atoms with E-state index in [1.54, 1.807) is 18.7 Å². The fourth-order valence-corrected chi connectivity index (χ4v) is 2.95. The first-order valence-corrected chi connectivity index (χ1v) is 7.28. The third kappa shape index (κ3) is 2.49. The maximum atomic E-state index is 8.99. The number of para-hydroxylation sites is 1. The molecule has 0 spiro atoms. The van der Waals surface area contributed by atoms with E-state index in [0.29, 0.717) is 11.6 Å². The summed E-state index contributed by atoms with van der Waals surface area (Å²) < 4.78 is 5.17. The Balaban J connectivity index is 1.81. The van der Waals surface area contributed by atoms with Crippen LogP contribution in [-0.2, 0) is 6.54 Å². The van der Waals surface area contributed by atoms with Crippen LogP contribution in [0.4, 0.5) is 5.69 Å². The van der Waals surface area contributed by atoms with E-state index < -0.39 is 0 Å². The van der Waals surface area contributed by atoms with Gasteiger partial charge in [-0.15, -0.1) is 0 Å². The molecule has 3 aromatic rings. The van der Waals surface area contributed by atoms with Gasteiger partial charge in [0, 0.05) is 30.1 Å². The Morgan fingerprint density at radius 2 is 2.35 bits per heavy atom. The van der Waals surface area contributed by atoms with Crippen LogP contribution < -0.4 is 4.72 Å². The Morgan fingerprint density at radius 1 is 1.45 bits per heavy atom. The van der Waals surface area contributed by atoms with Gasteiger partial charge in [-0.2, -0.15) is 0 Å². The molecule has 0 radical (unpaired) electrons. The molecule has 0 unspecified atom stereocenters. The molecule has 0 aliphatic carbocycles. The number of H-pyrrole nitrogens is 1. The van der Waals surface area contributed by atoms with Gasteiger partial charge in [0.2, 0.25) is 0 Å². The Labute approximate surface area is 125 Å². The van der Waals surface area contributed by atoms with E-state index in [9.17, 15) is 0 Å². The number of aromatic amines is 1. The zero-order chi connectivity index (χ0) is 13.9. The molecule has 2 aromatic heterocycles. The van der Waals surface area contributed by atoms with Crippen molar-refractivity contribution in [2.24, 2.45) is 0 Å². The monoisotopic (exact) mass is 308 g/mol. The van der Waals surface area contributed by atoms with E-state index in [-0.39, 0.29) is 6.61 Å². The molecule has 0 aliphatic rings. The van der Waals surface area contributed by atoms with Crippen LogP contribution in [0.5, 0.6) is 0 Å². The molecule has 0 saturated heterocycles. The van der Waals surface area contributed by atoms with Gasteiger partial charge >= 0.3 is 0 Å². The summed E-state index contributed by atoms with van der Waals surface area (Å²) in [6.45, 7) is 0.619. The summed E-state index contributed by atoms with van der Waals surface area (Å²) >= 11 is 7.55. The third-order valence-electron chi connectivity index (χ3n) is 2.95. The van der Waals surface area contributed by atoms with Gasteiger partial charge < -0.3 is 19.4 Å². The van der Waals surface area contributed by atoms with Crippen molar-refractivity contribution in [1.29, 1.82) is 0 Å². The number of hydrogen-bond donors (Lipinski definition) is 3. The lowest BCUT2D eigenvalue weighted by Gasteiger charge is -2.08. The first-order valence-electron chi connectivity index (χ1n) is 6.09. The Morgan fingerprint density at radius 3 is 3.20 bits per heavy atom. The summed E-state index contributed by atoms with van der Waals surface area (Å²) in [4.78, 5) is 7.24. The normalized spacial score (nSPS) is 11.1. The van der Waals surface area contributed by atoms with Gasteiger partial charge in [-0.25, -0.2) is 4.98 Å². The summed E-state index contributed by atoms with van der Waals surface area (Å²) in [6, 6.07) is 5.91. The predicted octanol–water partition coefficient (Wildman–Crippen LogP) is 3.13. The van der Waals surface area contributed by atoms with Gasteiger partial charge in [-0.05, 0) is 6.07 Å². The molecule has 0 atom stereocenters. The minimum Gasteiger partial charge on any atom is -0.395 e. The second kappa shape index (κ2) is 5.78.